The first-order valence-corrected chi connectivity index (χ1v) is 16.3. The van der Waals surface area contributed by atoms with Crippen LogP contribution in [0.1, 0.15) is 77.8 Å². The Kier molecular flexibility index (Phi) is 16.5. The minimum atomic E-state index is -0.946. The largest absolute Gasteiger partial charge is 0.467 e. The third-order valence-electron chi connectivity index (χ3n) is 7.11. The van der Waals surface area contributed by atoms with Gasteiger partial charge in [-0.1, -0.05) is 80.9 Å². The van der Waals surface area contributed by atoms with Crippen molar-refractivity contribution in [1.29, 1.82) is 0 Å². The fourth-order valence-electron chi connectivity index (χ4n) is 4.85. The van der Waals surface area contributed by atoms with Crippen molar-refractivity contribution in [3.05, 3.63) is 71.8 Å². The molecule has 258 valence electrons. The van der Waals surface area contributed by atoms with Gasteiger partial charge in [0, 0.05) is 25.8 Å². The minimum Gasteiger partial charge on any atom is -0.467 e. The highest BCUT2D eigenvalue weighted by Gasteiger charge is 2.30. The highest BCUT2D eigenvalue weighted by atomic mass is 16.6. The van der Waals surface area contributed by atoms with Gasteiger partial charge in [-0.05, 0) is 57.1 Å². The summed E-state index contributed by atoms with van der Waals surface area (Å²) in [6, 6.07) is 15.8. The number of nitrogens with one attached hydrogen (secondary N) is 4. The van der Waals surface area contributed by atoms with Crippen molar-refractivity contribution in [2.45, 2.75) is 103 Å². The highest BCUT2D eigenvalue weighted by molar-refractivity contribution is 5.93. The molecule has 0 bridgehead atoms. The zero-order valence-corrected chi connectivity index (χ0v) is 28.6. The van der Waals surface area contributed by atoms with E-state index in [-0.39, 0.29) is 31.1 Å². The fraction of sp³-hybridized carbons (Fsp3) is 0.528. The molecule has 0 aromatic heterocycles. The Morgan fingerprint density at radius 2 is 1.23 bits per heavy atom. The fourth-order valence-corrected chi connectivity index (χ4v) is 4.85. The predicted octanol–water partition coefficient (Wildman–Crippen LogP) is 4.23. The molecule has 11 heteroatoms. The van der Waals surface area contributed by atoms with Gasteiger partial charge in [0.05, 0.1) is 7.11 Å². The van der Waals surface area contributed by atoms with Crippen molar-refractivity contribution in [2.75, 3.05) is 13.7 Å². The molecule has 0 aliphatic rings. The monoisotopic (exact) mass is 652 g/mol. The number of benzene rings is 2. The van der Waals surface area contributed by atoms with E-state index in [1.54, 1.807) is 20.8 Å². The van der Waals surface area contributed by atoms with Crippen molar-refractivity contribution in [3.63, 3.8) is 0 Å². The Morgan fingerprint density at radius 1 is 0.702 bits per heavy atom. The van der Waals surface area contributed by atoms with E-state index in [0.717, 1.165) is 11.1 Å². The Morgan fingerprint density at radius 3 is 1.77 bits per heavy atom. The third-order valence-corrected chi connectivity index (χ3v) is 7.11. The Balaban J connectivity index is 2.05. The van der Waals surface area contributed by atoms with Gasteiger partial charge in [-0.2, -0.15) is 0 Å². The molecule has 2 aromatic rings. The van der Waals surface area contributed by atoms with Crippen molar-refractivity contribution in [1.82, 2.24) is 21.3 Å². The maximum Gasteiger partial charge on any atom is 0.407 e. The van der Waals surface area contributed by atoms with Crippen molar-refractivity contribution < 1.29 is 33.4 Å². The Labute approximate surface area is 278 Å². The summed E-state index contributed by atoms with van der Waals surface area (Å²) in [6.45, 7) is 9.67. The molecule has 47 heavy (non-hydrogen) atoms. The van der Waals surface area contributed by atoms with Crippen molar-refractivity contribution in [3.8, 4) is 0 Å². The second-order valence-electron chi connectivity index (χ2n) is 13.0. The Hall–Kier alpha value is -4.41. The molecule has 0 spiro atoms. The van der Waals surface area contributed by atoms with E-state index < -0.39 is 47.6 Å². The number of carbonyl (C=O) groups excluding carboxylic acids is 5. The quantitative estimate of drug-likeness (QED) is 0.139. The normalized spacial score (nSPS) is 13.1. The molecule has 0 saturated carbocycles. The number of amides is 4. The van der Waals surface area contributed by atoms with Gasteiger partial charge in [-0.25, -0.2) is 9.59 Å². The van der Waals surface area contributed by atoms with Crippen LogP contribution >= 0.6 is 0 Å². The summed E-state index contributed by atoms with van der Waals surface area (Å²) in [6.07, 6.45) is 2.42. The molecule has 0 aliphatic carbocycles. The van der Waals surface area contributed by atoms with Crippen LogP contribution in [0.4, 0.5) is 4.79 Å². The third kappa shape index (κ3) is 16.1. The number of unbranched alkanes of at least 4 members (excludes halogenated alkanes) is 2. The molecule has 0 unspecified atom stereocenters. The van der Waals surface area contributed by atoms with E-state index >= 15 is 0 Å². The van der Waals surface area contributed by atoms with Crippen LogP contribution in [0.15, 0.2) is 60.7 Å². The summed E-state index contributed by atoms with van der Waals surface area (Å²) < 4.78 is 10.2. The van der Waals surface area contributed by atoms with Crippen LogP contribution in [0.25, 0.3) is 0 Å². The van der Waals surface area contributed by atoms with Crippen molar-refractivity contribution in [2.24, 2.45) is 5.92 Å². The van der Waals surface area contributed by atoms with Crippen LogP contribution in [0, 0.1) is 5.92 Å². The topological polar surface area (TPSA) is 152 Å². The molecule has 0 heterocycles. The van der Waals surface area contributed by atoms with Gasteiger partial charge in [0.2, 0.25) is 17.7 Å². The summed E-state index contributed by atoms with van der Waals surface area (Å²) in [5, 5.41) is 11.2. The van der Waals surface area contributed by atoms with E-state index in [1.807, 2.05) is 74.5 Å². The number of esters is 1. The van der Waals surface area contributed by atoms with E-state index in [0.29, 0.717) is 32.2 Å². The molecule has 2 aromatic carbocycles. The molecular weight excluding hydrogens is 600 g/mol. The van der Waals surface area contributed by atoms with Gasteiger partial charge in [-0.15, -0.1) is 0 Å². The molecule has 3 atom stereocenters. The zero-order chi connectivity index (χ0) is 34.8. The number of hydrogen-bond donors (Lipinski definition) is 4. The summed E-state index contributed by atoms with van der Waals surface area (Å²) in [5.74, 6) is -1.85. The molecule has 11 nitrogen and oxygen atoms in total. The second kappa shape index (κ2) is 20.0. The van der Waals surface area contributed by atoms with E-state index in [1.165, 1.54) is 7.11 Å². The minimum absolute atomic E-state index is 0.0451. The molecule has 0 saturated heterocycles. The van der Waals surface area contributed by atoms with Crippen LogP contribution in [-0.2, 0) is 41.5 Å². The second-order valence-corrected chi connectivity index (χ2v) is 13.0. The first-order valence-electron chi connectivity index (χ1n) is 16.3. The molecule has 4 amide bonds. The molecule has 4 N–H and O–H groups in total. The lowest BCUT2D eigenvalue weighted by molar-refractivity contribution is -0.145. The lowest BCUT2D eigenvalue weighted by atomic mass is 10.00. The SMILES string of the molecule is COC(=O)[C@H](Cc1ccccc1)NC(=O)[C@H](CC(C)C)NC(=O)[C@H](Cc1ccccc1)NC(=O)CCCCCNC(=O)OC(C)(C)C. The van der Waals surface area contributed by atoms with E-state index in [9.17, 15) is 24.0 Å². The first-order chi connectivity index (χ1) is 22.3. The van der Waals surface area contributed by atoms with Gasteiger partial charge in [0.25, 0.3) is 0 Å². The van der Waals surface area contributed by atoms with Gasteiger partial charge in [0.1, 0.15) is 23.7 Å². The molecule has 0 aliphatic heterocycles. The van der Waals surface area contributed by atoms with Gasteiger partial charge in [-0.3, -0.25) is 14.4 Å². The van der Waals surface area contributed by atoms with Gasteiger partial charge >= 0.3 is 12.1 Å². The number of alkyl carbamates (subject to hydrolysis) is 1. The number of methoxy groups -OCH3 is 1. The molecule has 2 rings (SSSR count). The lowest BCUT2D eigenvalue weighted by Gasteiger charge is -2.26. The highest BCUT2D eigenvalue weighted by Crippen LogP contribution is 2.11. The molecular formula is C36H52N4O7. The van der Waals surface area contributed by atoms with Gasteiger partial charge < -0.3 is 30.7 Å². The predicted molar refractivity (Wildman–Crippen MR) is 180 cm³/mol. The maximum absolute atomic E-state index is 13.7. The van der Waals surface area contributed by atoms with Gasteiger partial charge in [0.15, 0.2) is 0 Å². The number of ether oxygens (including phenoxy) is 2. The lowest BCUT2D eigenvalue weighted by Crippen LogP contribution is -2.56. The smallest absolute Gasteiger partial charge is 0.407 e. The molecule has 0 fully saturated rings. The number of rotatable bonds is 18. The maximum atomic E-state index is 13.7. The number of hydrogen-bond acceptors (Lipinski definition) is 7. The summed E-state index contributed by atoms with van der Waals surface area (Å²) in [4.78, 5) is 64.5. The van der Waals surface area contributed by atoms with Crippen LogP contribution in [0.2, 0.25) is 0 Å². The Bertz CT molecular complexity index is 1280. The van der Waals surface area contributed by atoms with Crippen LogP contribution in [0.3, 0.4) is 0 Å². The standard InChI is InChI=1S/C36H52N4O7/c1-25(2)22-28(32(42)40-30(34(44)46-6)24-27-18-12-8-13-19-27)39-33(43)29(23-26-16-10-7-11-17-26)38-31(41)20-14-9-15-21-37-35(45)47-36(3,4)5/h7-8,10-13,16-19,25,28-30H,9,14-15,20-24H2,1-6H3,(H,37,45)(H,38,41)(H,39,43)(H,40,42)/t28-,29-,30-/m0/s1. The molecule has 0 radical (unpaired) electrons. The summed E-state index contributed by atoms with van der Waals surface area (Å²) >= 11 is 0. The average Bonchev–Trinajstić information content (AvgIpc) is 3.01. The van der Waals surface area contributed by atoms with Crippen LogP contribution < -0.4 is 21.3 Å². The van der Waals surface area contributed by atoms with Crippen LogP contribution in [0.5, 0.6) is 0 Å². The first kappa shape index (κ1) is 38.8. The summed E-state index contributed by atoms with van der Waals surface area (Å²) in [7, 11) is 1.26. The van der Waals surface area contributed by atoms with E-state index in [2.05, 4.69) is 21.3 Å². The number of carbonyl (C=O) groups is 5. The van der Waals surface area contributed by atoms with E-state index in [4.69, 9.17) is 9.47 Å². The average molecular weight is 653 g/mol. The zero-order valence-electron chi connectivity index (χ0n) is 28.6. The van der Waals surface area contributed by atoms with Crippen molar-refractivity contribution >= 4 is 29.8 Å². The summed E-state index contributed by atoms with van der Waals surface area (Å²) in [5.41, 5.74) is 1.12. The van der Waals surface area contributed by atoms with Crippen LogP contribution in [-0.4, -0.2) is 67.2 Å².